The molecule has 0 spiro atoms. The van der Waals surface area contributed by atoms with E-state index in [0.29, 0.717) is 5.56 Å². The van der Waals surface area contributed by atoms with Crippen LogP contribution in [-0.4, -0.2) is 107 Å². The van der Waals surface area contributed by atoms with Gasteiger partial charge in [0.15, 0.2) is 0 Å². The summed E-state index contributed by atoms with van der Waals surface area (Å²) < 4.78 is 153. The topological polar surface area (TPSA) is 202 Å². The van der Waals surface area contributed by atoms with Crippen LogP contribution in [-0.2, 0) is 60.8 Å². The normalized spacial score (nSPS) is 13.3. The van der Waals surface area contributed by atoms with Gasteiger partial charge in [-0.2, -0.15) is 21.3 Å². The molecule has 71 heavy (non-hydrogen) atoms. The lowest BCUT2D eigenvalue weighted by atomic mass is 10.1. The Balaban J connectivity index is 1.38. The van der Waals surface area contributed by atoms with Crippen LogP contribution in [0, 0.1) is 41.5 Å². The third-order valence-corrected chi connectivity index (χ3v) is 20.3. The Bertz CT molecular complexity index is 3320. The zero-order valence-electron chi connectivity index (χ0n) is 40.5. The van der Waals surface area contributed by atoms with E-state index in [4.69, 9.17) is 4.18 Å². The molecular formula is C51H60N4O11S5. The number of nitrogens with one attached hydrogen (secondary N) is 1. The first-order valence-electron chi connectivity index (χ1n) is 22.7. The van der Waals surface area contributed by atoms with Crippen molar-refractivity contribution in [2.75, 3.05) is 45.9 Å². The standard InChI is InChI=1S/C51H60N4O11S5/c1-39-7-19-45(20-8-39)37-46(52-67(56,57)47-21-9-40(2)10-22-47)38-55(70(62,63)50-27-15-43(5)16-28-50)34-33-53(68(58,59)48-23-11-41(3)12-24-48)31-32-54(69(60,61)49-25-13-42(4)14-26-49)35-36-66-71(64,65)51-29-17-44(6)18-30-51/h7-30,46,52H,31-38H2,1-6H3. The van der Waals surface area contributed by atoms with Crippen LogP contribution in [0.2, 0.25) is 0 Å². The molecule has 6 aromatic rings. The van der Waals surface area contributed by atoms with E-state index in [9.17, 15) is 42.1 Å². The number of sulfonamides is 4. The lowest BCUT2D eigenvalue weighted by molar-refractivity contribution is 0.262. The van der Waals surface area contributed by atoms with Crippen LogP contribution >= 0.6 is 0 Å². The molecule has 380 valence electrons. The van der Waals surface area contributed by atoms with Crippen LogP contribution in [0.5, 0.6) is 0 Å². The number of nitrogens with zero attached hydrogens (tertiary/aromatic N) is 3. The molecule has 1 N–H and O–H groups in total. The van der Waals surface area contributed by atoms with E-state index in [0.717, 1.165) is 46.3 Å². The van der Waals surface area contributed by atoms with E-state index in [1.165, 1.54) is 60.7 Å². The monoisotopic (exact) mass is 1060 g/mol. The van der Waals surface area contributed by atoms with Gasteiger partial charge in [0.2, 0.25) is 40.1 Å². The SMILES string of the molecule is Cc1ccc(CC(CN(CCN(CCN(CCOS(=O)(=O)c2ccc(C)cc2)S(=O)(=O)c2ccc(C)cc2)S(=O)(=O)c2ccc(C)cc2)S(=O)(=O)c2ccc(C)cc2)NS(=O)(=O)c2ccc(C)cc2)cc1. The van der Waals surface area contributed by atoms with E-state index in [2.05, 4.69) is 4.72 Å². The van der Waals surface area contributed by atoms with Gasteiger partial charge in [-0.25, -0.2) is 38.4 Å². The molecule has 0 aliphatic carbocycles. The highest BCUT2D eigenvalue weighted by atomic mass is 32.2. The van der Waals surface area contributed by atoms with Crippen molar-refractivity contribution >= 4 is 50.2 Å². The molecular weight excluding hydrogens is 1000 g/mol. The molecule has 15 nitrogen and oxygen atoms in total. The first kappa shape index (κ1) is 55.2. The van der Waals surface area contributed by atoms with Crippen LogP contribution in [0.15, 0.2) is 170 Å². The number of benzene rings is 6. The molecule has 0 aliphatic heterocycles. The summed E-state index contributed by atoms with van der Waals surface area (Å²) >= 11 is 0. The van der Waals surface area contributed by atoms with Gasteiger partial charge in [0, 0.05) is 45.3 Å². The van der Waals surface area contributed by atoms with Crippen molar-refractivity contribution in [1.82, 2.24) is 17.6 Å². The molecule has 20 heteroatoms. The second kappa shape index (κ2) is 23.2. The lowest BCUT2D eigenvalue weighted by Crippen LogP contribution is -2.50. The minimum Gasteiger partial charge on any atom is -0.265 e. The van der Waals surface area contributed by atoms with Gasteiger partial charge in [-0.05, 0) is 114 Å². The van der Waals surface area contributed by atoms with E-state index in [1.807, 2.05) is 38.1 Å². The minimum absolute atomic E-state index is 0.0383. The zero-order valence-corrected chi connectivity index (χ0v) is 44.5. The van der Waals surface area contributed by atoms with Crippen molar-refractivity contribution in [3.63, 3.8) is 0 Å². The van der Waals surface area contributed by atoms with Crippen molar-refractivity contribution < 1.29 is 46.3 Å². The molecule has 0 amide bonds. The summed E-state index contributed by atoms with van der Waals surface area (Å²) in [6.45, 7) is 7.15. The second-order valence-electron chi connectivity index (χ2n) is 17.5. The van der Waals surface area contributed by atoms with Gasteiger partial charge >= 0.3 is 0 Å². The highest BCUT2D eigenvalue weighted by molar-refractivity contribution is 7.90. The Morgan fingerprint density at radius 3 is 1.06 bits per heavy atom. The lowest BCUT2D eigenvalue weighted by Gasteiger charge is -2.31. The fourth-order valence-corrected chi connectivity index (χ4v) is 13.9. The molecule has 0 radical (unpaired) electrons. The van der Waals surface area contributed by atoms with E-state index in [1.54, 1.807) is 88.4 Å². The van der Waals surface area contributed by atoms with Crippen molar-refractivity contribution in [3.05, 3.63) is 185 Å². The molecule has 0 saturated heterocycles. The van der Waals surface area contributed by atoms with Gasteiger partial charge in [-0.15, -0.1) is 0 Å². The highest BCUT2D eigenvalue weighted by Gasteiger charge is 2.34. The number of hydrogen-bond donors (Lipinski definition) is 1. The highest BCUT2D eigenvalue weighted by Crippen LogP contribution is 2.24. The van der Waals surface area contributed by atoms with Crippen molar-refractivity contribution in [2.24, 2.45) is 0 Å². The summed E-state index contributed by atoms with van der Waals surface area (Å²) in [6.07, 6.45) is 0.0458. The zero-order chi connectivity index (χ0) is 51.8. The maximum atomic E-state index is 14.8. The summed E-state index contributed by atoms with van der Waals surface area (Å²) in [5, 5.41) is 0. The number of rotatable bonds is 24. The Kier molecular flexibility index (Phi) is 18.0. The van der Waals surface area contributed by atoms with E-state index < -0.39 is 102 Å². The maximum absolute atomic E-state index is 14.8. The first-order chi connectivity index (χ1) is 33.4. The number of aryl methyl sites for hydroxylation is 6. The molecule has 0 saturated carbocycles. The van der Waals surface area contributed by atoms with Crippen molar-refractivity contribution in [3.8, 4) is 0 Å². The van der Waals surface area contributed by atoms with Crippen LogP contribution in [0.1, 0.15) is 38.9 Å². The summed E-state index contributed by atoms with van der Waals surface area (Å²) in [5.74, 6) is 0. The first-order valence-corrected chi connectivity index (χ1v) is 29.9. The smallest absolute Gasteiger partial charge is 0.265 e. The minimum atomic E-state index is -4.52. The van der Waals surface area contributed by atoms with Gasteiger partial charge in [-0.1, -0.05) is 118 Å². The Morgan fingerprint density at radius 2 is 0.676 bits per heavy atom. The molecule has 0 aliphatic rings. The van der Waals surface area contributed by atoms with Crippen LogP contribution in [0.25, 0.3) is 0 Å². The summed E-state index contributed by atoms with van der Waals surface area (Å²) in [6, 6.07) is 36.3. The van der Waals surface area contributed by atoms with Crippen LogP contribution in [0.3, 0.4) is 0 Å². The van der Waals surface area contributed by atoms with Gasteiger partial charge in [0.1, 0.15) is 0 Å². The fourth-order valence-electron chi connectivity index (χ4n) is 7.46. The van der Waals surface area contributed by atoms with Crippen LogP contribution in [0.4, 0.5) is 0 Å². The predicted octanol–water partition coefficient (Wildman–Crippen LogP) is 6.90. The van der Waals surface area contributed by atoms with Gasteiger partial charge in [0.05, 0.1) is 31.1 Å². The molecule has 6 rings (SSSR count). The summed E-state index contributed by atoms with van der Waals surface area (Å²) in [5.41, 5.74) is 5.60. The largest absolute Gasteiger partial charge is 0.297 e. The fraction of sp³-hybridized carbons (Fsp3) is 0.294. The second-order valence-corrected chi connectivity index (χ2v) is 26.7. The van der Waals surface area contributed by atoms with Gasteiger partial charge < -0.3 is 0 Å². The van der Waals surface area contributed by atoms with Crippen molar-refractivity contribution in [2.45, 2.75) is 78.5 Å². The average Bonchev–Trinajstić information content (AvgIpc) is 3.31. The average molecular weight is 1070 g/mol. The molecule has 1 unspecified atom stereocenters. The van der Waals surface area contributed by atoms with Gasteiger partial charge in [0.25, 0.3) is 10.1 Å². The summed E-state index contributed by atoms with van der Waals surface area (Å²) in [4.78, 5) is -0.591. The van der Waals surface area contributed by atoms with Crippen LogP contribution < -0.4 is 4.72 Å². The molecule has 0 aromatic heterocycles. The van der Waals surface area contributed by atoms with E-state index in [-0.39, 0.29) is 30.9 Å². The Labute approximate surface area is 420 Å². The summed E-state index contributed by atoms with van der Waals surface area (Å²) in [7, 11) is -22.0. The Morgan fingerprint density at radius 1 is 0.380 bits per heavy atom. The number of hydrogen-bond acceptors (Lipinski definition) is 11. The maximum Gasteiger partial charge on any atom is 0.297 e. The van der Waals surface area contributed by atoms with Crippen molar-refractivity contribution in [1.29, 1.82) is 0 Å². The quantitative estimate of drug-likeness (QED) is 0.0618. The molecule has 0 bridgehead atoms. The molecule has 6 aromatic carbocycles. The predicted molar refractivity (Wildman–Crippen MR) is 274 cm³/mol. The third-order valence-electron chi connectivity index (χ3n) is 11.7. The third kappa shape index (κ3) is 14.5. The van der Waals surface area contributed by atoms with E-state index >= 15 is 0 Å². The molecule has 0 heterocycles. The van der Waals surface area contributed by atoms with Gasteiger partial charge in [-0.3, -0.25) is 4.18 Å². The molecule has 0 fully saturated rings. The Hall–Kier alpha value is -5.13. The molecule has 1 atom stereocenters.